The van der Waals surface area contributed by atoms with Gasteiger partial charge in [0.05, 0.1) is 27.0 Å². The first-order chi connectivity index (χ1) is 14.0. The highest BCUT2D eigenvalue weighted by Gasteiger charge is 2.13. The van der Waals surface area contributed by atoms with Gasteiger partial charge < -0.3 is 19.2 Å². The first-order valence-corrected chi connectivity index (χ1v) is 10.2. The second-order valence-electron chi connectivity index (χ2n) is 6.14. The molecule has 1 aromatic heterocycles. The number of aromatic nitrogens is 2. The molecule has 0 spiro atoms. The number of hydrogen-bond donors (Lipinski definition) is 1. The first kappa shape index (κ1) is 21.1. The summed E-state index contributed by atoms with van der Waals surface area (Å²) in [6, 6.07) is 13.3. The molecule has 0 aliphatic rings. The number of benzene rings is 2. The molecule has 3 aromatic rings. The van der Waals surface area contributed by atoms with Crippen molar-refractivity contribution in [3.63, 3.8) is 0 Å². The van der Waals surface area contributed by atoms with Crippen LogP contribution in [0.3, 0.4) is 0 Å². The van der Waals surface area contributed by atoms with Crippen molar-refractivity contribution in [2.75, 3.05) is 21.3 Å². The number of hydrogen-bond acceptors (Lipinski definition) is 6. The molecule has 0 saturated carbocycles. The van der Waals surface area contributed by atoms with Gasteiger partial charge in [-0.15, -0.1) is 0 Å². The van der Waals surface area contributed by atoms with Crippen molar-refractivity contribution in [1.29, 1.82) is 0 Å². The Morgan fingerprint density at radius 2 is 1.79 bits per heavy atom. The van der Waals surface area contributed by atoms with Crippen molar-refractivity contribution >= 4 is 23.4 Å². The van der Waals surface area contributed by atoms with Crippen LogP contribution in [0, 0.1) is 0 Å². The van der Waals surface area contributed by atoms with E-state index < -0.39 is 0 Å². The van der Waals surface area contributed by atoms with E-state index in [0.717, 1.165) is 16.9 Å². The third kappa shape index (κ3) is 5.25. The van der Waals surface area contributed by atoms with Crippen LogP contribution >= 0.6 is 23.4 Å². The molecule has 0 atom stereocenters. The lowest BCUT2D eigenvalue weighted by Crippen LogP contribution is -2.13. The van der Waals surface area contributed by atoms with Crippen LogP contribution in [0.25, 0.3) is 0 Å². The summed E-state index contributed by atoms with van der Waals surface area (Å²) in [6.07, 6.45) is 0.399. The maximum absolute atomic E-state index is 12.3. The van der Waals surface area contributed by atoms with E-state index >= 15 is 0 Å². The second kappa shape index (κ2) is 9.71. The van der Waals surface area contributed by atoms with Crippen molar-refractivity contribution in [3.8, 4) is 17.2 Å². The van der Waals surface area contributed by atoms with Gasteiger partial charge in [-0.25, -0.2) is 4.98 Å². The molecule has 0 saturated heterocycles. The summed E-state index contributed by atoms with van der Waals surface area (Å²) in [5.41, 5.74) is 2.13. The lowest BCUT2D eigenvalue weighted by molar-refractivity contribution is 0.354. The maximum Gasteiger partial charge on any atom is 0.270 e. The van der Waals surface area contributed by atoms with Crippen LogP contribution in [0.2, 0.25) is 5.02 Å². The predicted octanol–water partition coefficient (Wildman–Crippen LogP) is 4.33. The summed E-state index contributed by atoms with van der Waals surface area (Å²) in [4.78, 5) is 19.6. The number of halogens is 1. The lowest BCUT2D eigenvalue weighted by atomic mass is 10.1. The molecule has 0 fully saturated rings. The van der Waals surface area contributed by atoms with Crippen LogP contribution in [0.1, 0.15) is 16.8 Å². The second-order valence-corrected chi connectivity index (χ2v) is 7.48. The van der Waals surface area contributed by atoms with Gasteiger partial charge in [-0.2, -0.15) is 0 Å². The van der Waals surface area contributed by atoms with E-state index in [9.17, 15) is 4.79 Å². The van der Waals surface area contributed by atoms with Crippen LogP contribution in [-0.2, 0) is 12.2 Å². The minimum atomic E-state index is -0.356. The fourth-order valence-electron chi connectivity index (χ4n) is 2.77. The van der Waals surface area contributed by atoms with Crippen LogP contribution < -0.4 is 19.8 Å². The summed E-state index contributed by atoms with van der Waals surface area (Å²) >= 11 is 7.64. The Bertz CT molecular complexity index is 1060. The van der Waals surface area contributed by atoms with Crippen molar-refractivity contribution in [2.45, 2.75) is 17.3 Å². The zero-order valence-corrected chi connectivity index (χ0v) is 17.9. The van der Waals surface area contributed by atoms with Gasteiger partial charge in [0, 0.05) is 12.2 Å². The Morgan fingerprint density at radius 1 is 1.00 bits per heavy atom. The molecule has 152 valence electrons. The third-order valence-electron chi connectivity index (χ3n) is 4.24. The number of H-pyrrole nitrogens is 1. The fourth-order valence-corrected chi connectivity index (χ4v) is 3.74. The van der Waals surface area contributed by atoms with E-state index in [0.29, 0.717) is 34.5 Å². The van der Waals surface area contributed by atoms with Crippen LogP contribution in [-0.4, -0.2) is 31.3 Å². The smallest absolute Gasteiger partial charge is 0.270 e. The molecule has 1 heterocycles. The highest BCUT2D eigenvalue weighted by molar-refractivity contribution is 7.98. The molecule has 0 amide bonds. The van der Waals surface area contributed by atoms with E-state index in [1.165, 1.54) is 11.8 Å². The lowest BCUT2D eigenvalue weighted by Gasteiger charge is -2.10. The van der Waals surface area contributed by atoms with Crippen LogP contribution in [0.4, 0.5) is 0 Å². The van der Waals surface area contributed by atoms with Crippen LogP contribution in [0.5, 0.6) is 17.2 Å². The van der Waals surface area contributed by atoms with Gasteiger partial charge in [-0.05, 0) is 35.4 Å². The highest BCUT2D eigenvalue weighted by Crippen LogP contribution is 2.29. The molecule has 2 aromatic carbocycles. The minimum absolute atomic E-state index is 0.0884. The molecule has 29 heavy (non-hydrogen) atoms. The quantitative estimate of drug-likeness (QED) is 0.422. The number of nitrogens with one attached hydrogen (secondary N) is 1. The van der Waals surface area contributed by atoms with Gasteiger partial charge in [0.15, 0.2) is 16.7 Å². The van der Waals surface area contributed by atoms with Gasteiger partial charge >= 0.3 is 0 Å². The van der Waals surface area contributed by atoms with Crippen LogP contribution in [0.15, 0.2) is 52.4 Å². The fraction of sp³-hybridized carbons (Fsp3) is 0.238. The van der Waals surface area contributed by atoms with Gasteiger partial charge in [0.25, 0.3) is 5.56 Å². The molecule has 0 aliphatic heterocycles. The third-order valence-corrected chi connectivity index (χ3v) is 5.57. The molecule has 3 rings (SSSR count). The molecule has 8 heteroatoms. The van der Waals surface area contributed by atoms with E-state index in [4.69, 9.17) is 25.8 Å². The topological polar surface area (TPSA) is 73.4 Å². The minimum Gasteiger partial charge on any atom is -0.497 e. The molecular weight excluding hydrogens is 412 g/mol. The number of rotatable bonds is 8. The average Bonchev–Trinajstić information content (AvgIpc) is 2.75. The number of nitrogens with zero attached hydrogens (tertiary/aromatic N) is 1. The highest BCUT2D eigenvalue weighted by atomic mass is 35.5. The Hall–Kier alpha value is -2.64. The number of methoxy groups -OCH3 is 3. The Balaban J connectivity index is 1.81. The molecular formula is C21H21ClN2O4S. The molecule has 1 N–H and O–H groups in total. The van der Waals surface area contributed by atoms with Crippen molar-refractivity contribution in [1.82, 2.24) is 9.97 Å². The molecule has 0 aliphatic carbocycles. The Kier molecular flexibility index (Phi) is 7.06. The Labute approximate surface area is 178 Å². The zero-order valence-electron chi connectivity index (χ0n) is 16.3. The molecule has 0 radical (unpaired) electrons. The summed E-state index contributed by atoms with van der Waals surface area (Å²) in [5, 5.41) is 0.600. The van der Waals surface area contributed by atoms with E-state index in [1.807, 2.05) is 42.5 Å². The van der Waals surface area contributed by atoms with Gasteiger partial charge in [-0.3, -0.25) is 4.79 Å². The summed E-state index contributed by atoms with van der Waals surface area (Å²) in [6.45, 7) is 0. The van der Waals surface area contributed by atoms with E-state index in [1.54, 1.807) is 21.3 Å². The van der Waals surface area contributed by atoms with Crippen molar-refractivity contribution in [3.05, 3.63) is 74.7 Å². The summed E-state index contributed by atoms with van der Waals surface area (Å²) < 4.78 is 15.8. The molecule has 0 unspecified atom stereocenters. The van der Waals surface area contributed by atoms with Gasteiger partial charge in [-0.1, -0.05) is 41.6 Å². The largest absolute Gasteiger partial charge is 0.497 e. The SMILES string of the molecule is COc1cccc(CSc2nc(Cc3ccc(OC)c(OC)c3)c(Cl)c(=O)[nH]2)c1. The van der Waals surface area contributed by atoms with E-state index in [2.05, 4.69) is 9.97 Å². The monoisotopic (exact) mass is 432 g/mol. The maximum atomic E-state index is 12.3. The number of aromatic amines is 1. The molecule has 0 bridgehead atoms. The van der Waals surface area contributed by atoms with Gasteiger partial charge in [0.2, 0.25) is 0 Å². The summed E-state index contributed by atoms with van der Waals surface area (Å²) in [5.74, 6) is 2.67. The standard InChI is InChI=1S/C21H21ClN2O4S/c1-26-15-6-4-5-14(9-15)12-29-21-23-16(19(22)20(25)24-21)10-13-7-8-17(27-2)18(11-13)28-3/h4-9,11H,10,12H2,1-3H3,(H,23,24,25). The molecule has 6 nitrogen and oxygen atoms in total. The number of thioether (sulfide) groups is 1. The van der Waals surface area contributed by atoms with Gasteiger partial charge in [0.1, 0.15) is 10.8 Å². The van der Waals surface area contributed by atoms with E-state index in [-0.39, 0.29) is 10.6 Å². The number of ether oxygens (including phenoxy) is 3. The van der Waals surface area contributed by atoms with Crippen molar-refractivity contribution in [2.24, 2.45) is 0 Å². The first-order valence-electron chi connectivity index (χ1n) is 8.79. The normalized spacial score (nSPS) is 10.6. The van der Waals surface area contributed by atoms with Crippen molar-refractivity contribution < 1.29 is 14.2 Å². The average molecular weight is 433 g/mol. The predicted molar refractivity (Wildman–Crippen MR) is 115 cm³/mol. The Morgan fingerprint density at radius 3 is 2.52 bits per heavy atom. The zero-order chi connectivity index (χ0) is 20.8. The summed E-state index contributed by atoms with van der Waals surface area (Å²) in [7, 11) is 4.79.